The molecule has 2 rings (SSSR count). The first-order chi connectivity index (χ1) is 8.50. The number of benzene rings is 1. The van der Waals surface area contributed by atoms with Gasteiger partial charge in [-0.15, -0.1) is 0 Å². The van der Waals surface area contributed by atoms with Crippen LogP contribution in [0.15, 0.2) is 18.2 Å². The zero-order valence-electron chi connectivity index (χ0n) is 10.5. The zero-order valence-corrected chi connectivity index (χ0v) is 10.5. The topological polar surface area (TPSA) is 90.4 Å². The van der Waals surface area contributed by atoms with E-state index in [-0.39, 0.29) is 11.4 Å². The van der Waals surface area contributed by atoms with Gasteiger partial charge < -0.3 is 21.5 Å². The molecule has 5 N–H and O–H groups in total. The minimum absolute atomic E-state index is 0.156. The zero-order chi connectivity index (χ0) is 13.2. The minimum Gasteiger partial charge on any atom is -0.399 e. The first-order valence-corrected chi connectivity index (χ1v) is 6.05. The molecule has 1 aliphatic heterocycles. The molecule has 0 radical (unpaired) electrons. The molecule has 0 bridgehead atoms. The van der Waals surface area contributed by atoms with E-state index in [0.717, 1.165) is 12.8 Å². The Bertz CT molecular complexity index is 454. The van der Waals surface area contributed by atoms with Crippen LogP contribution in [-0.2, 0) is 4.74 Å². The fourth-order valence-electron chi connectivity index (χ4n) is 2.08. The summed E-state index contributed by atoms with van der Waals surface area (Å²) < 4.78 is 5.30. The molecule has 1 saturated heterocycles. The van der Waals surface area contributed by atoms with E-state index in [0.29, 0.717) is 30.2 Å². The van der Waals surface area contributed by atoms with Gasteiger partial charge in [-0.25, -0.2) is 0 Å². The van der Waals surface area contributed by atoms with Crippen LogP contribution in [0.4, 0.5) is 11.4 Å². The summed E-state index contributed by atoms with van der Waals surface area (Å²) in [6.45, 7) is 3.38. The van der Waals surface area contributed by atoms with Gasteiger partial charge in [0.05, 0.1) is 5.56 Å². The Morgan fingerprint density at radius 3 is 2.61 bits per heavy atom. The summed E-state index contributed by atoms with van der Waals surface area (Å²) in [5.74, 6) is -0.156. The van der Waals surface area contributed by atoms with Crippen molar-refractivity contribution in [1.82, 2.24) is 5.32 Å². The van der Waals surface area contributed by atoms with E-state index < -0.39 is 0 Å². The molecule has 5 nitrogen and oxygen atoms in total. The van der Waals surface area contributed by atoms with Crippen LogP contribution in [0, 0.1) is 0 Å². The number of ether oxygens (including phenoxy) is 1. The number of hydrogen-bond donors (Lipinski definition) is 3. The molecule has 1 aromatic carbocycles. The second-order valence-corrected chi connectivity index (χ2v) is 4.97. The van der Waals surface area contributed by atoms with Crippen molar-refractivity contribution in [2.45, 2.75) is 25.3 Å². The van der Waals surface area contributed by atoms with Crippen LogP contribution in [0.2, 0.25) is 0 Å². The second kappa shape index (κ2) is 4.86. The van der Waals surface area contributed by atoms with Gasteiger partial charge in [0, 0.05) is 30.1 Å². The lowest BCUT2D eigenvalue weighted by Crippen LogP contribution is -2.49. The van der Waals surface area contributed by atoms with Crippen molar-refractivity contribution < 1.29 is 9.53 Å². The van der Waals surface area contributed by atoms with Crippen LogP contribution >= 0.6 is 0 Å². The van der Waals surface area contributed by atoms with Gasteiger partial charge in [0.2, 0.25) is 0 Å². The van der Waals surface area contributed by atoms with Gasteiger partial charge >= 0.3 is 0 Å². The van der Waals surface area contributed by atoms with Crippen LogP contribution < -0.4 is 16.8 Å². The maximum absolute atomic E-state index is 12.2. The number of nitrogens with two attached hydrogens (primary N) is 2. The molecular formula is C13H19N3O2. The third kappa shape index (κ3) is 2.73. The largest absolute Gasteiger partial charge is 0.399 e. The molecule has 0 atom stereocenters. The number of anilines is 2. The average Bonchev–Trinajstić information content (AvgIpc) is 2.28. The summed E-state index contributed by atoms with van der Waals surface area (Å²) in [4.78, 5) is 12.2. The predicted molar refractivity (Wildman–Crippen MR) is 71.2 cm³/mol. The van der Waals surface area contributed by atoms with Crippen LogP contribution in [0.3, 0.4) is 0 Å². The number of carbonyl (C=O) groups excluding carboxylic acids is 1. The molecule has 98 valence electrons. The normalized spacial score (nSPS) is 18.3. The van der Waals surface area contributed by atoms with Crippen LogP contribution in [0.1, 0.15) is 30.1 Å². The molecule has 18 heavy (non-hydrogen) atoms. The van der Waals surface area contributed by atoms with Gasteiger partial charge in [-0.3, -0.25) is 4.79 Å². The number of nitrogen functional groups attached to an aromatic ring is 2. The second-order valence-electron chi connectivity index (χ2n) is 4.97. The standard InChI is InChI=1S/C13H19N3O2/c1-13(4-6-18-7-5-13)16-12(17)10-3-2-9(14)8-11(10)15/h2-3,8H,4-7,14-15H2,1H3,(H,16,17). The monoisotopic (exact) mass is 249 g/mol. The van der Waals surface area contributed by atoms with E-state index in [1.807, 2.05) is 6.92 Å². The Hall–Kier alpha value is -1.75. The molecule has 0 saturated carbocycles. The smallest absolute Gasteiger partial charge is 0.253 e. The molecular weight excluding hydrogens is 230 g/mol. The Morgan fingerprint density at radius 1 is 1.33 bits per heavy atom. The van der Waals surface area contributed by atoms with Gasteiger partial charge in [-0.2, -0.15) is 0 Å². The van der Waals surface area contributed by atoms with E-state index in [1.54, 1.807) is 18.2 Å². The van der Waals surface area contributed by atoms with Crippen molar-refractivity contribution in [1.29, 1.82) is 0 Å². The Kier molecular flexibility index (Phi) is 3.43. The number of nitrogens with one attached hydrogen (secondary N) is 1. The minimum atomic E-state index is -0.219. The van der Waals surface area contributed by atoms with Crippen molar-refractivity contribution in [3.05, 3.63) is 23.8 Å². The average molecular weight is 249 g/mol. The van der Waals surface area contributed by atoms with Crippen molar-refractivity contribution in [3.8, 4) is 0 Å². The highest BCUT2D eigenvalue weighted by molar-refractivity contribution is 6.00. The molecule has 0 aliphatic carbocycles. The Labute approximate surface area is 106 Å². The van der Waals surface area contributed by atoms with Crippen molar-refractivity contribution in [3.63, 3.8) is 0 Å². The van der Waals surface area contributed by atoms with Gasteiger partial charge in [0.15, 0.2) is 0 Å². The third-order valence-corrected chi connectivity index (χ3v) is 3.33. The van der Waals surface area contributed by atoms with E-state index in [9.17, 15) is 4.79 Å². The molecule has 1 aliphatic rings. The van der Waals surface area contributed by atoms with Crippen LogP contribution in [0.25, 0.3) is 0 Å². The lowest BCUT2D eigenvalue weighted by Gasteiger charge is -2.34. The van der Waals surface area contributed by atoms with Crippen molar-refractivity contribution >= 4 is 17.3 Å². The summed E-state index contributed by atoms with van der Waals surface area (Å²) >= 11 is 0. The summed E-state index contributed by atoms with van der Waals surface area (Å²) in [6, 6.07) is 4.93. The number of hydrogen-bond acceptors (Lipinski definition) is 4. The summed E-state index contributed by atoms with van der Waals surface area (Å²) in [6.07, 6.45) is 1.63. The molecule has 0 aromatic heterocycles. The highest BCUT2D eigenvalue weighted by atomic mass is 16.5. The SMILES string of the molecule is CC1(NC(=O)c2ccc(N)cc2N)CCOCC1. The lowest BCUT2D eigenvalue weighted by molar-refractivity contribution is 0.0423. The maximum Gasteiger partial charge on any atom is 0.253 e. The molecule has 1 amide bonds. The fourth-order valence-corrected chi connectivity index (χ4v) is 2.08. The quantitative estimate of drug-likeness (QED) is 0.686. The lowest BCUT2D eigenvalue weighted by atomic mass is 9.92. The van der Waals surface area contributed by atoms with Crippen LogP contribution in [0.5, 0.6) is 0 Å². The Morgan fingerprint density at radius 2 is 2.00 bits per heavy atom. The van der Waals surface area contributed by atoms with E-state index in [4.69, 9.17) is 16.2 Å². The van der Waals surface area contributed by atoms with Crippen molar-refractivity contribution in [2.75, 3.05) is 24.7 Å². The van der Waals surface area contributed by atoms with E-state index in [2.05, 4.69) is 5.32 Å². The molecule has 1 heterocycles. The van der Waals surface area contributed by atoms with Crippen molar-refractivity contribution in [2.24, 2.45) is 0 Å². The molecule has 1 fully saturated rings. The highest BCUT2D eigenvalue weighted by Gasteiger charge is 2.29. The van der Waals surface area contributed by atoms with Gasteiger partial charge in [-0.1, -0.05) is 0 Å². The summed E-state index contributed by atoms with van der Waals surface area (Å²) in [7, 11) is 0. The number of carbonyl (C=O) groups is 1. The summed E-state index contributed by atoms with van der Waals surface area (Å²) in [5, 5.41) is 3.03. The molecule has 5 heteroatoms. The molecule has 0 spiro atoms. The highest BCUT2D eigenvalue weighted by Crippen LogP contribution is 2.22. The number of rotatable bonds is 2. The van der Waals surface area contributed by atoms with Gasteiger partial charge in [0.1, 0.15) is 0 Å². The number of amides is 1. The fraction of sp³-hybridized carbons (Fsp3) is 0.462. The summed E-state index contributed by atoms with van der Waals surface area (Å²) in [5.41, 5.74) is 12.6. The van der Waals surface area contributed by atoms with Gasteiger partial charge in [-0.05, 0) is 38.0 Å². The predicted octanol–water partition coefficient (Wildman–Crippen LogP) is 1.15. The third-order valence-electron chi connectivity index (χ3n) is 3.33. The molecule has 0 unspecified atom stereocenters. The van der Waals surface area contributed by atoms with Gasteiger partial charge in [0.25, 0.3) is 5.91 Å². The molecule has 1 aromatic rings. The Balaban J connectivity index is 2.11. The maximum atomic E-state index is 12.2. The van der Waals surface area contributed by atoms with Crippen LogP contribution in [-0.4, -0.2) is 24.7 Å². The first kappa shape index (κ1) is 12.7. The first-order valence-electron chi connectivity index (χ1n) is 6.05. The van der Waals surface area contributed by atoms with E-state index >= 15 is 0 Å². The van der Waals surface area contributed by atoms with E-state index in [1.165, 1.54) is 0 Å².